The Kier molecular flexibility index (Phi) is 11.9. The Morgan fingerprint density at radius 3 is 2.41 bits per heavy atom. The molecule has 7 heteroatoms. The van der Waals surface area contributed by atoms with Gasteiger partial charge in [0.15, 0.2) is 0 Å². The molecule has 0 aromatic heterocycles. The number of carbonyl (C=O) groups excluding carboxylic acids is 3. The van der Waals surface area contributed by atoms with Crippen LogP contribution in [-0.4, -0.2) is 48.2 Å². The molecule has 3 atom stereocenters. The lowest BCUT2D eigenvalue weighted by atomic mass is 9.97. The van der Waals surface area contributed by atoms with E-state index in [-0.39, 0.29) is 37.4 Å². The van der Waals surface area contributed by atoms with Crippen LogP contribution in [0.2, 0.25) is 0 Å². The Bertz CT molecular complexity index is 1010. The predicted molar refractivity (Wildman–Crippen MR) is 143 cm³/mol. The molecule has 1 aliphatic rings. The minimum atomic E-state index is -0.579. The van der Waals surface area contributed by atoms with Crippen LogP contribution in [0.25, 0.3) is 0 Å². The van der Waals surface area contributed by atoms with E-state index in [0.29, 0.717) is 25.7 Å². The van der Waals surface area contributed by atoms with Crippen molar-refractivity contribution in [3.05, 3.63) is 83.9 Å². The number of rotatable bonds is 8. The van der Waals surface area contributed by atoms with E-state index in [4.69, 9.17) is 4.74 Å². The number of ether oxygens (including phenoxy) is 1. The third-order valence-electron chi connectivity index (χ3n) is 6.42. The lowest BCUT2D eigenvalue weighted by Gasteiger charge is -2.23. The van der Waals surface area contributed by atoms with Gasteiger partial charge in [0.1, 0.15) is 6.61 Å². The molecule has 0 spiro atoms. The Labute approximate surface area is 219 Å². The summed E-state index contributed by atoms with van der Waals surface area (Å²) in [7, 11) is 0. The maximum Gasteiger partial charge on any atom is 0.305 e. The monoisotopic (exact) mass is 506 g/mol. The first kappa shape index (κ1) is 28.1. The highest BCUT2D eigenvalue weighted by Gasteiger charge is 2.25. The molecular formula is C30H38N2O5. The fraction of sp³-hybridized carbons (Fsp3) is 0.433. The van der Waals surface area contributed by atoms with Crippen molar-refractivity contribution in [3.8, 4) is 0 Å². The van der Waals surface area contributed by atoms with Gasteiger partial charge in [-0.05, 0) is 49.7 Å². The quantitative estimate of drug-likeness (QED) is 0.376. The summed E-state index contributed by atoms with van der Waals surface area (Å²) in [4.78, 5) is 38.4. The molecule has 0 bridgehead atoms. The summed E-state index contributed by atoms with van der Waals surface area (Å²) < 4.78 is 5.48. The van der Waals surface area contributed by atoms with E-state index < -0.39 is 18.0 Å². The zero-order valence-electron chi connectivity index (χ0n) is 21.3. The second-order valence-electron chi connectivity index (χ2n) is 9.57. The van der Waals surface area contributed by atoms with E-state index in [1.807, 2.05) is 72.8 Å². The fourth-order valence-corrected chi connectivity index (χ4v) is 4.40. The van der Waals surface area contributed by atoms with Gasteiger partial charge in [0.25, 0.3) is 0 Å². The normalized spacial score (nSPS) is 20.2. The van der Waals surface area contributed by atoms with Gasteiger partial charge >= 0.3 is 5.97 Å². The van der Waals surface area contributed by atoms with Gasteiger partial charge in [0.05, 0.1) is 24.6 Å². The average Bonchev–Trinajstić information content (AvgIpc) is 2.90. The highest BCUT2D eigenvalue weighted by Crippen LogP contribution is 2.15. The molecule has 7 nitrogen and oxygen atoms in total. The van der Waals surface area contributed by atoms with Crippen LogP contribution >= 0.6 is 0 Å². The molecule has 0 fully saturated rings. The van der Waals surface area contributed by atoms with Crippen molar-refractivity contribution < 1.29 is 24.2 Å². The maximum absolute atomic E-state index is 13.3. The number of carbonyl (C=O) groups is 3. The molecule has 198 valence electrons. The number of amides is 2. The topological polar surface area (TPSA) is 105 Å². The first-order valence-electron chi connectivity index (χ1n) is 13.1. The summed E-state index contributed by atoms with van der Waals surface area (Å²) in [5.41, 5.74) is 2.03. The highest BCUT2D eigenvalue weighted by molar-refractivity contribution is 5.86. The van der Waals surface area contributed by atoms with Gasteiger partial charge in [0.2, 0.25) is 11.8 Å². The maximum atomic E-state index is 13.3. The van der Waals surface area contributed by atoms with Crippen molar-refractivity contribution in [2.24, 2.45) is 5.92 Å². The van der Waals surface area contributed by atoms with Crippen molar-refractivity contribution >= 4 is 17.8 Å². The fourth-order valence-electron chi connectivity index (χ4n) is 4.40. The highest BCUT2D eigenvalue weighted by atomic mass is 16.5. The van der Waals surface area contributed by atoms with Crippen LogP contribution in [0, 0.1) is 5.92 Å². The summed E-state index contributed by atoms with van der Waals surface area (Å²) in [5, 5.41) is 15.7. The molecule has 2 aromatic rings. The molecule has 2 aromatic carbocycles. The van der Waals surface area contributed by atoms with Crippen LogP contribution in [0.4, 0.5) is 0 Å². The van der Waals surface area contributed by atoms with Gasteiger partial charge in [-0.1, -0.05) is 72.8 Å². The third-order valence-corrected chi connectivity index (χ3v) is 6.42. The minimum absolute atomic E-state index is 0.000687. The lowest BCUT2D eigenvalue weighted by Crippen LogP contribution is -2.45. The van der Waals surface area contributed by atoms with E-state index in [2.05, 4.69) is 10.6 Å². The van der Waals surface area contributed by atoms with Gasteiger partial charge in [-0.15, -0.1) is 0 Å². The molecule has 1 aliphatic heterocycles. The molecule has 3 rings (SSSR count). The summed E-state index contributed by atoms with van der Waals surface area (Å²) in [5.74, 6) is -1.38. The Morgan fingerprint density at radius 1 is 1.00 bits per heavy atom. The van der Waals surface area contributed by atoms with Gasteiger partial charge < -0.3 is 20.5 Å². The number of hydrogen-bond acceptors (Lipinski definition) is 5. The summed E-state index contributed by atoms with van der Waals surface area (Å²) in [6.45, 7) is -0.111. The molecule has 1 heterocycles. The number of cyclic esters (lactones) is 1. The molecule has 2 amide bonds. The Morgan fingerprint density at radius 2 is 1.70 bits per heavy atom. The zero-order chi connectivity index (χ0) is 26.3. The smallest absolute Gasteiger partial charge is 0.305 e. The number of benzene rings is 2. The second-order valence-corrected chi connectivity index (χ2v) is 9.57. The van der Waals surface area contributed by atoms with E-state index in [0.717, 1.165) is 30.4 Å². The van der Waals surface area contributed by atoms with Crippen LogP contribution in [0.15, 0.2) is 72.8 Å². The molecule has 37 heavy (non-hydrogen) atoms. The van der Waals surface area contributed by atoms with E-state index in [9.17, 15) is 19.5 Å². The number of allylic oxidation sites excluding steroid dienone is 2. The standard InChI is InChI=1S/C30H38N2O5/c33-21-26(18-23-12-6-4-7-13-23)31-28(34)20-25-16-10-2-1-3-11-17-29(35)37-22-27(32-30(25)36)19-24-14-8-5-9-15-24/h2,4-10,12-15,25-27,33H,1,3,11,16-22H2,(H,31,34)(H,32,36). The second kappa shape index (κ2) is 15.6. The molecule has 0 saturated heterocycles. The largest absolute Gasteiger partial charge is 0.463 e. The molecule has 3 unspecified atom stereocenters. The van der Waals surface area contributed by atoms with E-state index in [1.54, 1.807) is 0 Å². The van der Waals surface area contributed by atoms with Gasteiger partial charge in [-0.3, -0.25) is 14.4 Å². The Balaban J connectivity index is 1.68. The van der Waals surface area contributed by atoms with Crippen molar-refractivity contribution in [1.82, 2.24) is 10.6 Å². The summed E-state index contributed by atoms with van der Waals surface area (Å²) in [6, 6.07) is 18.5. The molecule has 0 aliphatic carbocycles. The molecule has 3 N–H and O–H groups in total. The lowest BCUT2D eigenvalue weighted by molar-refractivity contribution is -0.145. The van der Waals surface area contributed by atoms with Gasteiger partial charge in [-0.2, -0.15) is 0 Å². The molecular weight excluding hydrogens is 468 g/mol. The van der Waals surface area contributed by atoms with Crippen LogP contribution in [-0.2, 0) is 32.0 Å². The van der Waals surface area contributed by atoms with Crippen LogP contribution in [0.5, 0.6) is 0 Å². The predicted octanol–water partition coefficient (Wildman–Crippen LogP) is 3.50. The van der Waals surface area contributed by atoms with E-state index in [1.165, 1.54) is 0 Å². The SMILES string of the molecule is O=C(CC1CC=CCCCCC(=O)OCC(Cc2ccccc2)NC1=O)NC(CO)Cc1ccccc1. The first-order valence-corrected chi connectivity index (χ1v) is 13.1. The molecule has 0 saturated carbocycles. The van der Waals surface area contributed by atoms with Gasteiger partial charge in [-0.25, -0.2) is 0 Å². The number of aliphatic hydroxyl groups is 1. The number of hydrogen-bond donors (Lipinski definition) is 3. The Hall–Kier alpha value is -3.45. The van der Waals surface area contributed by atoms with Crippen LogP contribution in [0.1, 0.15) is 49.7 Å². The van der Waals surface area contributed by atoms with E-state index >= 15 is 0 Å². The van der Waals surface area contributed by atoms with Crippen molar-refractivity contribution in [2.45, 2.75) is 63.5 Å². The van der Waals surface area contributed by atoms with Gasteiger partial charge in [0, 0.05) is 12.8 Å². The first-order chi connectivity index (χ1) is 18.0. The summed E-state index contributed by atoms with van der Waals surface area (Å²) in [6.07, 6.45) is 8.15. The number of esters is 1. The van der Waals surface area contributed by atoms with Crippen molar-refractivity contribution in [2.75, 3.05) is 13.2 Å². The third kappa shape index (κ3) is 10.6. The van der Waals surface area contributed by atoms with Crippen LogP contribution < -0.4 is 10.6 Å². The van der Waals surface area contributed by atoms with Crippen molar-refractivity contribution in [1.29, 1.82) is 0 Å². The molecule has 0 radical (unpaired) electrons. The summed E-state index contributed by atoms with van der Waals surface area (Å²) >= 11 is 0. The number of aliphatic hydroxyl groups excluding tert-OH is 1. The zero-order valence-corrected chi connectivity index (χ0v) is 21.3. The van der Waals surface area contributed by atoms with Crippen LogP contribution in [0.3, 0.4) is 0 Å². The van der Waals surface area contributed by atoms with Crippen molar-refractivity contribution in [3.63, 3.8) is 0 Å². The minimum Gasteiger partial charge on any atom is -0.463 e. The average molecular weight is 507 g/mol. The number of nitrogens with one attached hydrogen (secondary N) is 2.